The SMILES string of the molecule is CC(=O)c1cc2ccc(Br)cc2n1C(C)C. The third kappa shape index (κ3) is 1.80. The third-order valence-corrected chi connectivity index (χ3v) is 3.17. The standard InChI is InChI=1S/C13H14BrNO/c1-8(2)15-12(9(3)16)6-10-4-5-11(14)7-13(10)15/h4-8H,1-3H3. The van der Waals surface area contributed by atoms with Crippen molar-refractivity contribution in [3.8, 4) is 0 Å². The molecule has 16 heavy (non-hydrogen) atoms. The van der Waals surface area contributed by atoms with Crippen molar-refractivity contribution in [2.45, 2.75) is 26.8 Å². The fraction of sp³-hybridized carbons (Fsp3) is 0.308. The average molecular weight is 280 g/mol. The first kappa shape index (κ1) is 11.4. The number of rotatable bonds is 2. The van der Waals surface area contributed by atoms with Crippen LogP contribution < -0.4 is 0 Å². The summed E-state index contributed by atoms with van der Waals surface area (Å²) in [5.41, 5.74) is 1.89. The first-order valence-electron chi connectivity index (χ1n) is 5.32. The van der Waals surface area contributed by atoms with E-state index in [-0.39, 0.29) is 11.8 Å². The zero-order valence-electron chi connectivity index (χ0n) is 9.62. The second-order valence-corrected chi connectivity index (χ2v) is 5.17. The van der Waals surface area contributed by atoms with Gasteiger partial charge in [0.25, 0.3) is 0 Å². The van der Waals surface area contributed by atoms with Gasteiger partial charge < -0.3 is 4.57 Å². The fourth-order valence-corrected chi connectivity index (χ4v) is 2.37. The van der Waals surface area contributed by atoms with Crippen molar-refractivity contribution in [3.05, 3.63) is 34.4 Å². The van der Waals surface area contributed by atoms with Crippen LogP contribution >= 0.6 is 15.9 Å². The van der Waals surface area contributed by atoms with Gasteiger partial charge in [-0.25, -0.2) is 0 Å². The van der Waals surface area contributed by atoms with E-state index in [4.69, 9.17) is 0 Å². The summed E-state index contributed by atoms with van der Waals surface area (Å²) >= 11 is 3.46. The van der Waals surface area contributed by atoms with Crippen molar-refractivity contribution in [1.29, 1.82) is 0 Å². The van der Waals surface area contributed by atoms with E-state index in [1.807, 2.05) is 18.2 Å². The van der Waals surface area contributed by atoms with Crippen molar-refractivity contribution < 1.29 is 4.79 Å². The molecule has 0 spiro atoms. The van der Waals surface area contributed by atoms with Gasteiger partial charge in [-0.3, -0.25) is 4.79 Å². The van der Waals surface area contributed by atoms with Crippen LogP contribution in [0.3, 0.4) is 0 Å². The number of benzene rings is 1. The van der Waals surface area contributed by atoms with Gasteiger partial charge in [-0.05, 0) is 32.0 Å². The predicted molar refractivity (Wildman–Crippen MR) is 70.0 cm³/mol. The maximum absolute atomic E-state index is 11.6. The molecule has 0 radical (unpaired) electrons. The number of fused-ring (bicyclic) bond motifs is 1. The molecular weight excluding hydrogens is 266 g/mol. The molecule has 0 fully saturated rings. The molecule has 0 saturated carbocycles. The highest BCUT2D eigenvalue weighted by Gasteiger charge is 2.14. The van der Waals surface area contributed by atoms with E-state index in [0.29, 0.717) is 0 Å². The summed E-state index contributed by atoms with van der Waals surface area (Å²) in [5.74, 6) is 0.112. The van der Waals surface area contributed by atoms with E-state index < -0.39 is 0 Å². The van der Waals surface area contributed by atoms with Crippen LogP contribution in [0.4, 0.5) is 0 Å². The zero-order valence-corrected chi connectivity index (χ0v) is 11.2. The molecule has 2 nitrogen and oxygen atoms in total. The predicted octanol–water partition coefficient (Wildman–Crippen LogP) is 4.19. The van der Waals surface area contributed by atoms with Crippen LogP contribution in [0.2, 0.25) is 0 Å². The van der Waals surface area contributed by atoms with Crippen molar-refractivity contribution in [2.24, 2.45) is 0 Å². The van der Waals surface area contributed by atoms with Gasteiger partial charge in [-0.1, -0.05) is 22.0 Å². The Morgan fingerprint density at radius 1 is 1.31 bits per heavy atom. The number of hydrogen-bond acceptors (Lipinski definition) is 1. The van der Waals surface area contributed by atoms with Gasteiger partial charge >= 0.3 is 0 Å². The highest BCUT2D eigenvalue weighted by Crippen LogP contribution is 2.27. The summed E-state index contributed by atoms with van der Waals surface area (Å²) in [6.07, 6.45) is 0. The maximum atomic E-state index is 11.6. The second-order valence-electron chi connectivity index (χ2n) is 4.25. The Morgan fingerprint density at radius 3 is 2.56 bits per heavy atom. The maximum Gasteiger partial charge on any atom is 0.176 e. The highest BCUT2D eigenvalue weighted by atomic mass is 79.9. The number of nitrogens with zero attached hydrogens (tertiary/aromatic N) is 1. The second kappa shape index (κ2) is 4.06. The van der Waals surface area contributed by atoms with Gasteiger partial charge in [-0.2, -0.15) is 0 Å². The summed E-state index contributed by atoms with van der Waals surface area (Å²) in [7, 11) is 0. The van der Waals surface area contributed by atoms with Crippen molar-refractivity contribution >= 4 is 32.6 Å². The molecule has 1 aromatic carbocycles. The molecule has 3 heteroatoms. The Hall–Kier alpha value is -1.09. The summed E-state index contributed by atoms with van der Waals surface area (Å²) < 4.78 is 3.12. The number of aromatic nitrogens is 1. The van der Waals surface area contributed by atoms with E-state index in [1.54, 1.807) is 6.92 Å². The van der Waals surface area contributed by atoms with Crippen LogP contribution in [0.25, 0.3) is 10.9 Å². The van der Waals surface area contributed by atoms with E-state index in [0.717, 1.165) is 21.1 Å². The molecule has 0 atom stereocenters. The Morgan fingerprint density at radius 2 is 2.00 bits per heavy atom. The number of hydrogen-bond donors (Lipinski definition) is 0. The molecule has 0 aliphatic rings. The molecule has 1 aromatic heterocycles. The quantitative estimate of drug-likeness (QED) is 0.756. The van der Waals surface area contributed by atoms with Crippen LogP contribution in [-0.2, 0) is 0 Å². The number of halogens is 1. The molecule has 0 aliphatic carbocycles. The van der Waals surface area contributed by atoms with Crippen molar-refractivity contribution in [3.63, 3.8) is 0 Å². The zero-order chi connectivity index (χ0) is 11.9. The third-order valence-electron chi connectivity index (χ3n) is 2.68. The van der Waals surface area contributed by atoms with Gasteiger partial charge in [-0.15, -0.1) is 0 Å². The smallest absolute Gasteiger partial charge is 0.176 e. The molecular formula is C13H14BrNO. The van der Waals surface area contributed by atoms with Gasteiger partial charge in [0.2, 0.25) is 0 Å². The molecule has 0 amide bonds. The summed E-state index contributed by atoms with van der Waals surface area (Å²) in [5, 5.41) is 1.11. The minimum absolute atomic E-state index is 0.112. The Balaban J connectivity index is 2.82. The van der Waals surface area contributed by atoms with Crippen LogP contribution in [-0.4, -0.2) is 10.4 Å². The summed E-state index contributed by atoms with van der Waals surface area (Å²) in [6, 6.07) is 8.33. The van der Waals surface area contributed by atoms with Crippen LogP contribution in [0.1, 0.15) is 37.3 Å². The molecule has 0 unspecified atom stereocenters. The number of ketones is 1. The van der Waals surface area contributed by atoms with Crippen LogP contribution in [0, 0.1) is 0 Å². The molecule has 2 rings (SSSR count). The van der Waals surface area contributed by atoms with Crippen molar-refractivity contribution in [1.82, 2.24) is 4.57 Å². The Bertz CT molecular complexity index is 554. The Labute approximate surface area is 103 Å². The van der Waals surface area contributed by atoms with Gasteiger partial charge in [0.15, 0.2) is 5.78 Å². The summed E-state index contributed by atoms with van der Waals surface area (Å²) in [4.78, 5) is 11.6. The largest absolute Gasteiger partial charge is 0.336 e. The lowest BCUT2D eigenvalue weighted by Gasteiger charge is -2.13. The topological polar surface area (TPSA) is 22.0 Å². The van der Waals surface area contributed by atoms with Crippen LogP contribution in [0.5, 0.6) is 0 Å². The number of Topliss-reactive ketones (excluding diaryl/α,β-unsaturated/α-hetero) is 1. The monoisotopic (exact) mass is 279 g/mol. The van der Waals surface area contributed by atoms with Crippen LogP contribution in [0.15, 0.2) is 28.7 Å². The average Bonchev–Trinajstić information content (AvgIpc) is 2.55. The first-order valence-corrected chi connectivity index (χ1v) is 6.11. The highest BCUT2D eigenvalue weighted by molar-refractivity contribution is 9.10. The molecule has 0 aliphatic heterocycles. The lowest BCUT2D eigenvalue weighted by molar-refractivity contribution is 0.100. The van der Waals surface area contributed by atoms with Crippen molar-refractivity contribution in [2.75, 3.05) is 0 Å². The first-order chi connectivity index (χ1) is 7.50. The normalized spacial score (nSPS) is 11.3. The van der Waals surface area contributed by atoms with E-state index >= 15 is 0 Å². The number of carbonyl (C=O) groups excluding carboxylic acids is 1. The molecule has 1 heterocycles. The minimum atomic E-state index is 0.112. The molecule has 0 saturated heterocycles. The molecule has 0 N–H and O–H groups in total. The van der Waals surface area contributed by atoms with E-state index in [9.17, 15) is 4.79 Å². The van der Waals surface area contributed by atoms with E-state index in [2.05, 4.69) is 40.4 Å². The van der Waals surface area contributed by atoms with E-state index in [1.165, 1.54) is 0 Å². The fourth-order valence-electron chi connectivity index (χ4n) is 2.02. The lowest BCUT2D eigenvalue weighted by atomic mass is 10.2. The van der Waals surface area contributed by atoms with Gasteiger partial charge in [0.1, 0.15) is 0 Å². The molecule has 84 valence electrons. The lowest BCUT2D eigenvalue weighted by Crippen LogP contribution is -2.08. The van der Waals surface area contributed by atoms with Gasteiger partial charge in [0.05, 0.1) is 5.69 Å². The Kier molecular flexibility index (Phi) is 2.89. The molecule has 2 aromatic rings. The minimum Gasteiger partial charge on any atom is -0.336 e. The molecule has 0 bridgehead atoms. The van der Waals surface area contributed by atoms with Gasteiger partial charge in [0, 0.05) is 28.3 Å². The number of carbonyl (C=O) groups is 1. The summed E-state index contributed by atoms with van der Waals surface area (Å²) in [6.45, 7) is 5.79.